The minimum atomic E-state index is 0.525. The van der Waals surface area contributed by atoms with Gasteiger partial charge in [0.25, 0.3) is 0 Å². The molecule has 0 aromatic carbocycles. The van der Waals surface area contributed by atoms with Gasteiger partial charge >= 0.3 is 54.2 Å². The van der Waals surface area contributed by atoms with Crippen LogP contribution in [0.25, 0.3) is 0 Å². The molecule has 7 heavy (non-hydrogen) atoms. The molecule has 2 nitrogen and oxygen atoms in total. The Hall–Kier alpha value is 0.0795. The maximum atomic E-state index is 4.87. The standard InChI is InChI=1S/C3H3NOSSe/c6-2-1-5-3(7)4-2/h1H2,(H,4,6,7). The fourth-order valence-corrected chi connectivity index (χ4v) is 0.997. The molecule has 1 aliphatic rings. The molecule has 1 heterocycles. The molecule has 1 N–H and O–H groups in total. The molecule has 1 saturated heterocycles. The molecule has 0 saturated carbocycles. The van der Waals surface area contributed by atoms with Crippen molar-refractivity contribution in [3.8, 4) is 0 Å². The van der Waals surface area contributed by atoms with Gasteiger partial charge in [0.1, 0.15) is 0 Å². The van der Waals surface area contributed by atoms with Gasteiger partial charge in [-0.2, -0.15) is 0 Å². The van der Waals surface area contributed by atoms with Gasteiger partial charge < -0.3 is 0 Å². The summed E-state index contributed by atoms with van der Waals surface area (Å²) >= 11 is 7.38. The summed E-state index contributed by atoms with van der Waals surface area (Å²) in [6.45, 7) is 0.525. The molecule has 0 spiro atoms. The van der Waals surface area contributed by atoms with Gasteiger partial charge in [-0.05, 0) is 0 Å². The molecule has 4 heteroatoms. The first-order valence-electron chi connectivity index (χ1n) is 1.75. The van der Waals surface area contributed by atoms with Crippen molar-refractivity contribution in [2.24, 2.45) is 0 Å². The first-order valence-corrected chi connectivity index (χ1v) is 3.02. The van der Waals surface area contributed by atoms with Gasteiger partial charge in [0.15, 0.2) is 0 Å². The third-order valence-electron chi connectivity index (χ3n) is 0.576. The summed E-state index contributed by atoms with van der Waals surface area (Å²) in [7, 11) is 0. The summed E-state index contributed by atoms with van der Waals surface area (Å²) in [5.74, 6) is 0. The summed E-state index contributed by atoms with van der Waals surface area (Å²) in [6, 6.07) is 0. The molecule has 0 aromatic rings. The van der Waals surface area contributed by atoms with E-state index in [1.165, 1.54) is 0 Å². The summed E-state index contributed by atoms with van der Waals surface area (Å²) in [5, 5.41) is 2.79. The SMILES string of the molecule is S=C1COC(=[Se])N1. The van der Waals surface area contributed by atoms with E-state index in [1.807, 2.05) is 0 Å². The van der Waals surface area contributed by atoms with Crippen molar-refractivity contribution in [3.05, 3.63) is 0 Å². The van der Waals surface area contributed by atoms with Crippen molar-refractivity contribution in [2.75, 3.05) is 6.61 Å². The second-order valence-electron chi connectivity index (χ2n) is 1.12. The summed E-state index contributed by atoms with van der Waals surface area (Å²) in [6.07, 6.45) is 0. The normalized spacial score (nSPS) is 18.9. The molecule has 0 radical (unpaired) electrons. The molecular formula is C3H3NOSSe. The van der Waals surface area contributed by atoms with Crippen LogP contribution in [-0.2, 0) is 4.74 Å². The van der Waals surface area contributed by atoms with Gasteiger partial charge in [-0.15, -0.1) is 0 Å². The molecule has 0 aromatic heterocycles. The van der Waals surface area contributed by atoms with Crippen LogP contribution in [-0.4, -0.2) is 31.9 Å². The average Bonchev–Trinajstić information content (AvgIpc) is 1.87. The van der Waals surface area contributed by atoms with Crippen LogP contribution in [0.2, 0.25) is 0 Å². The Kier molecular flexibility index (Phi) is 1.42. The second kappa shape index (κ2) is 1.90. The Bertz CT molecular complexity index is 110. The fraction of sp³-hybridized carbons (Fsp3) is 0.333. The van der Waals surface area contributed by atoms with Gasteiger partial charge in [0.05, 0.1) is 0 Å². The van der Waals surface area contributed by atoms with E-state index >= 15 is 0 Å². The number of nitrogens with one attached hydrogen (secondary N) is 1. The van der Waals surface area contributed by atoms with E-state index in [0.717, 1.165) is 4.99 Å². The summed E-state index contributed by atoms with van der Waals surface area (Å²) in [4.78, 5) is 0.744. The Morgan fingerprint density at radius 1 is 1.86 bits per heavy atom. The van der Waals surface area contributed by atoms with E-state index in [4.69, 9.17) is 17.0 Å². The topological polar surface area (TPSA) is 21.3 Å². The number of ether oxygens (including phenoxy) is 1. The van der Waals surface area contributed by atoms with E-state index in [2.05, 4.69) is 20.9 Å². The van der Waals surface area contributed by atoms with Gasteiger partial charge in [0, 0.05) is 0 Å². The third kappa shape index (κ3) is 1.23. The molecule has 1 rings (SSSR count). The van der Waals surface area contributed by atoms with Crippen LogP contribution in [0.4, 0.5) is 0 Å². The Labute approximate surface area is 54.6 Å². The maximum absolute atomic E-state index is 4.87. The quantitative estimate of drug-likeness (QED) is 0.389. The second-order valence-corrected chi connectivity index (χ2v) is 2.40. The van der Waals surface area contributed by atoms with Crippen molar-refractivity contribution in [1.82, 2.24) is 5.32 Å². The van der Waals surface area contributed by atoms with Gasteiger partial charge in [-0.3, -0.25) is 0 Å². The number of rotatable bonds is 0. The van der Waals surface area contributed by atoms with Crippen LogP contribution in [0.1, 0.15) is 0 Å². The predicted octanol–water partition coefficient (Wildman–Crippen LogP) is -0.810. The van der Waals surface area contributed by atoms with Crippen molar-refractivity contribution >= 4 is 37.5 Å². The van der Waals surface area contributed by atoms with Crippen molar-refractivity contribution in [3.63, 3.8) is 0 Å². The van der Waals surface area contributed by atoms with Crippen LogP contribution >= 0.6 is 12.2 Å². The van der Waals surface area contributed by atoms with E-state index in [-0.39, 0.29) is 0 Å². The number of hydrogen-bond acceptors (Lipinski definition) is 2. The van der Waals surface area contributed by atoms with Crippen molar-refractivity contribution < 1.29 is 4.74 Å². The molecule has 0 atom stereocenters. The minimum absolute atomic E-state index is 0.525. The van der Waals surface area contributed by atoms with Crippen molar-refractivity contribution in [2.45, 2.75) is 0 Å². The number of hydrogen-bond donors (Lipinski definition) is 1. The predicted molar refractivity (Wildman–Crippen MR) is 32.4 cm³/mol. The van der Waals surface area contributed by atoms with Crippen molar-refractivity contribution in [1.29, 1.82) is 0 Å². The van der Waals surface area contributed by atoms with E-state index in [1.54, 1.807) is 0 Å². The zero-order chi connectivity index (χ0) is 5.28. The average molecular weight is 180 g/mol. The zero-order valence-electron chi connectivity index (χ0n) is 3.43. The molecule has 0 unspecified atom stereocenters. The van der Waals surface area contributed by atoms with Gasteiger partial charge in [-0.25, -0.2) is 0 Å². The molecule has 0 aliphatic carbocycles. The number of thiocarbonyl (C=S) groups is 1. The molecular weight excluding hydrogens is 177 g/mol. The molecule has 0 bridgehead atoms. The Balaban J connectivity index is 2.55. The van der Waals surface area contributed by atoms with E-state index in [0.29, 0.717) is 11.3 Å². The summed E-state index contributed by atoms with van der Waals surface area (Å²) < 4.78 is 5.56. The van der Waals surface area contributed by atoms with Crippen LogP contribution in [0.3, 0.4) is 0 Å². The monoisotopic (exact) mass is 181 g/mol. The Morgan fingerprint density at radius 3 is 2.71 bits per heavy atom. The third-order valence-corrected chi connectivity index (χ3v) is 1.26. The van der Waals surface area contributed by atoms with E-state index < -0.39 is 0 Å². The van der Waals surface area contributed by atoms with Crippen LogP contribution in [0.15, 0.2) is 0 Å². The fourth-order valence-electron chi connectivity index (χ4n) is 0.317. The Morgan fingerprint density at radius 2 is 2.57 bits per heavy atom. The first kappa shape index (κ1) is 5.22. The zero-order valence-corrected chi connectivity index (χ0v) is 5.96. The van der Waals surface area contributed by atoms with Crippen LogP contribution < -0.4 is 5.32 Å². The van der Waals surface area contributed by atoms with Gasteiger partial charge in [0.2, 0.25) is 0 Å². The summed E-state index contributed by atoms with van der Waals surface area (Å²) in [5.41, 5.74) is 0. The molecule has 0 amide bonds. The van der Waals surface area contributed by atoms with E-state index in [9.17, 15) is 0 Å². The molecule has 1 fully saturated rings. The first-order chi connectivity index (χ1) is 3.29. The van der Waals surface area contributed by atoms with Crippen LogP contribution in [0.5, 0.6) is 0 Å². The van der Waals surface area contributed by atoms with Crippen LogP contribution in [0, 0.1) is 0 Å². The molecule has 38 valence electrons. The molecule has 1 aliphatic heterocycles. The van der Waals surface area contributed by atoms with Gasteiger partial charge in [-0.1, -0.05) is 0 Å².